The van der Waals surface area contributed by atoms with E-state index in [2.05, 4.69) is 35.2 Å². The first-order chi connectivity index (χ1) is 11.2. The van der Waals surface area contributed by atoms with E-state index in [4.69, 9.17) is 0 Å². The second kappa shape index (κ2) is 5.89. The first kappa shape index (κ1) is 14.6. The SMILES string of the molecule is Oc1ccc2c(c1O)CC[C@H]1C2CCCN1Cc1ccccc1. The summed E-state index contributed by atoms with van der Waals surface area (Å²) in [6.07, 6.45) is 4.27. The minimum atomic E-state index is 0.0131. The number of nitrogens with zero attached hydrogens (tertiary/aromatic N) is 1. The number of likely N-dealkylation sites (tertiary alicyclic amines) is 1. The van der Waals surface area contributed by atoms with E-state index in [1.807, 2.05) is 6.07 Å². The van der Waals surface area contributed by atoms with Crippen LogP contribution in [-0.2, 0) is 13.0 Å². The normalized spacial score (nSPS) is 24.0. The molecule has 0 aromatic heterocycles. The fourth-order valence-electron chi connectivity index (χ4n) is 4.43. The molecule has 2 aliphatic rings. The van der Waals surface area contributed by atoms with Crippen molar-refractivity contribution in [2.24, 2.45) is 0 Å². The van der Waals surface area contributed by atoms with Crippen LogP contribution in [0.4, 0.5) is 0 Å². The Labute approximate surface area is 137 Å². The summed E-state index contributed by atoms with van der Waals surface area (Å²) in [5.74, 6) is 0.586. The molecule has 0 amide bonds. The number of aromatic hydroxyl groups is 2. The third kappa shape index (κ3) is 2.59. The molecule has 2 N–H and O–H groups in total. The lowest BCUT2D eigenvalue weighted by molar-refractivity contribution is 0.104. The number of phenols is 2. The van der Waals surface area contributed by atoms with Crippen molar-refractivity contribution < 1.29 is 10.2 Å². The fraction of sp³-hybridized carbons (Fsp3) is 0.400. The number of phenolic OH excluding ortho intramolecular Hbond substituents is 2. The maximum absolute atomic E-state index is 10.2. The first-order valence-corrected chi connectivity index (χ1v) is 8.55. The first-order valence-electron chi connectivity index (χ1n) is 8.55. The van der Waals surface area contributed by atoms with Crippen LogP contribution in [-0.4, -0.2) is 27.7 Å². The highest BCUT2D eigenvalue weighted by atomic mass is 16.3. The Hall–Kier alpha value is -2.00. The van der Waals surface area contributed by atoms with Gasteiger partial charge in [-0.15, -0.1) is 0 Å². The molecule has 4 rings (SSSR count). The Kier molecular flexibility index (Phi) is 3.74. The summed E-state index contributed by atoms with van der Waals surface area (Å²) in [6, 6.07) is 14.9. The van der Waals surface area contributed by atoms with Gasteiger partial charge in [0.05, 0.1) is 0 Å². The highest BCUT2D eigenvalue weighted by molar-refractivity contribution is 5.51. The van der Waals surface area contributed by atoms with Gasteiger partial charge in [0.2, 0.25) is 0 Å². The molecule has 0 spiro atoms. The Morgan fingerprint density at radius 2 is 1.83 bits per heavy atom. The highest BCUT2D eigenvalue weighted by Crippen LogP contribution is 2.45. The van der Waals surface area contributed by atoms with Gasteiger partial charge in [-0.2, -0.15) is 0 Å². The van der Waals surface area contributed by atoms with Crippen molar-refractivity contribution in [3.05, 3.63) is 59.2 Å². The molecule has 0 radical (unpaired) electrons. The molecule has 0 saturated carbocycles. The van der Waals surface area contributed by atoms with Crippen LogP contribution < -0.4 is 0 Å². The van der Waals surface area contributed by atoms with Gasteiger partial charge in [-0.25, -0.2) is 0 Å². The molecule has 2 aromatic carbocycles. The van der Waals surface area contributed by atoms with Crippen molar-refractivity contribution in [2.75, 3.05) is 6.54 Å². The zero-order valence-corrected chi connectivity index (χ0v) is 13.3. The summed E-state index contributed by atoms with van der Waals surface area (Å²) < 4.78 is 0. The topological polar surface area (TPSA) is 43.7 Å². The van der Waals surface area contributed by atoms with Crippen LogP contribution in [0, 0.1) is 0 Å². The van der Waals surface area contributed by atoms with Gasteiger partial charge >= 0.3 is 0 Å². The Bertz CT molecular complexity index is 698. The average molecular weight is 309 g/mol. The third-order valence-corrected chi connectivity index (χ3v) is 5.51. The van der Waals surface area contributed by atoms with E-state index < -0.39 is 0 Å². The van der Waals surface area contributed by atoms with E-state index >= 15 is 0 Å². The van der Waals surface area contributed by atoms with E-state index in [0.717, 1.165) is 31.5 Å². The Morgan fingerprint density at radius 1 is 1.00 bits per heavy atom. The number of hydrogen-bond donors (Lipinski definition) is 2. The van der Waals surface area contributed by atoms with Crippen LogP contribution in [0.15, 0.2) is 42.5 Å². The quantitative estimate of drug-likeness (QED) is 0.830. The molecular formula is C20H23NO2. The molecule has 1 aliphatic heterocycles. The van der Waals surface area contributed by atoms with Gasteiger partial charge in [0.15, 0.2) is 11.5 Å². The maximum Gasteiger partial charge on any atom is 0.160 e. The van der Waals surface area contributed by atoms with Crippen molar-refractivity contribution >= 4 is 0 Å². The minimum Gasteiger partial charge on any atom is -0.504 e. The smallest absolute Gasteiger partial charge is 0.160 e. The van der Waals surface area contributed by atoms with Crippen molar-refractivity contribution in [1.82, 2.24) is 4.90 Å². The van der Waals surface area contributed by atoms with Crippen LogP contribution >= 0.6 is 0 Å². The summed E-state index contributed by atoms with van der Waals surface area (Å²) in [6.45, 7) is 2.15. The van der Waals surface area contributed by atoms with E-state index in [1.54, 1.807) is 6.07 Å². The third-order valence-electron chi connectivity index (χ3n) is 5.51. The Balaban J connectivity index is 1.62. The zero-order chi connectivity index (χ0) is 15.8. The van der Waals surface area contributed by atoms with Gasteiger partial charge in [0, 0.05) is 18.2 Å². The van der Waals surface area contributed by atoms with Gasteiger partial charge in [0.25, 0.3) is 0 Å². The molecule has 1 aliphatic carbocycles. The number of piperidine rings is 1. The predicted octanol–water partition coefficient (Wildman–Crippen LogP) is 3.79. The second-order valence-electron chi connectivity index (χ2n) is 6.81. The molecule has 2 aromatic rings. The summed E-state index contributed by atoms with van der Waals surface area (Å²) in [5, 5.41) is 19.9. The summed E-state index contributed by atoms with van der Waals surface area (Å²) in [4.78, 5) is 2.61. The minimum absolute atomic E-state index is 0.0131. The number of hydrogen-bond acceptors (Lipinski definition) is 3. The predicted molar refractivity (Wildman–Crippen MR) is 90.7 cm³/mol. The van der Waals surface area contributed by atoms with Crippen molar-refractivity contribution in [3.8, 4) is 11.5 Å². The molecule has 1 fully saturated rings. The van der Waals surface area contributed by atoms with E-state index in [1.165, 1.54) is 24.0 Å². The Morgan fingerprint density at radius 3 is 2.65 bits per heavy atom. The van der Waals surface area contributed by atoms with E-state index in [0.29, 0.717) is 12.0 Å². The van der Waals surface area contributed by atoms with Gasteiger partial charge in [-0.05, 0) is 55.3 Å². The lowest BCUT2D eigenvalue weighted by atomic mass is 9.74. The van der Waals surface area contributed by atoms with Crippen LogP contribution in [0.5, 0.6) is 11.5 Å². The lowest BCUT2D eigenvalue weighted by Gasteiger charge is -2.45. The molecule has 0 bridgehead atoms. The monoisotopic (exact) mass is 309 g/mol. The molecule has 1 unspecified atom stereocenters. The molecule has 1 heterocycles. The zero-order valence-electron chi connectivity index (χ0n) is 13.3. The van der Waals surface area contributed by atoms with E-state index in [-0.39, 0.29) is 11.5 Å². The summed E-state index contributed by atoms with van der Waals surface area (Å²) >= 11 is 0. The van der Waals surface area contributed by atoms with Gasteiger partial charge in [0.1, 0.15) is 0 Å². The van der Waals surface area contributed by atoms with Crippen LogP contribution in [0.25, 0.3) is 0 Å². The molecular weight excluding hydrogens is 286 g/mol. The molecule has 2 atom stereocenters. The summed E-state index contributed by atoms with van der Waals surface area (Å²) in [7, 11) is 0. The summed E-state index contributed by atoms with van der Waals surface area (Å²) in [5.41, 5.74) is 3.58. The standard InChI is InChI=1S/C20H23NO2/c22-19-11-9-15-16-7-4-12-21(13-14-5-2-1-3-6-14)18(16)10-8-17(15)20(19)23/h1-3,5-6,9,11,16,18,22-23H,4,7-8,10,12-13H2/t16?,18-/m0/s1. The van der Waals surface area contributed by atoms with E-state index in [9.17, 15) is 10.2 Å². The molecule has 120 valence electrons. The molecule has 1 saturated heterocycles. The largest absolute Gasteiger partial charge is 0.504 e. The van der Waals surface area contributed by atoms with Gasteiger partial charge in [-0.1, -0.05) is 36.4 Å². The van der Waals surface area contributed by atoms with Gasteiger partial charge < -0.3 is 10.2 Å². The number of benzene rings is 2. The highest BCUT2D eigenvalue weighted by Gasteiger charge is 2.37. The van der Waals surface area contributed by atoms with Crippen molar-refractivity contribution in [3.63, 3.8) is 0 Å². The van der Waals surface area contributed by atoms with Crippen LogP contribution in [0.2, 0.25) is 0 Å². The van der Waals surface area contributed by atoms with Crippen LogP contribution in [0.3, 0.4) is 0 Å². The van der Waals surface area contributed by atoms with Crippen molar-refractivity contribution in [1.29, 1.82) is 0 Å². The fourth-order valence-corrected chi connectivity index (χ4v) is 4.43. The van der Waals surface area contributed by atoms with Crippen LogP contribution in [0.1, 0.15) is 41.9 Å². The van der Waals surface area contributed by atoms with Crippen molar-refractivity contribution in [2.45, 2.75) is 44.2 Å². The lowest BCUT2D eigenvalue weighted by Crippen LogP contribution is -2.45. The second-order valence-corrected chi connectivity index (χ2v) is 6.81. The molecule has 3 heteroatoms. The number of rotatable bonds is 2. The maximum atomic E-state index is 10.2. The van der Waals surface area contributed by atoms with Gasteiger partial charge in [-0.3, -0.25) is 4.90 Å². The average Bonchev–Trinajstić information content (AvgIpc) is 2.59. The molecule has 23 heavy (non-hydrogen) atoms. The molecule has 3 nitrogen and oxygen atoms in total. The number of fused-ring (bicyclic) bond motifs is 3.